The van der Waals surface area contributed by atoms with Gasteiger partial charge in [-0.15, -0.1) is 0 Å². The zero-order valence-electron chi connectivity index (χ0n) is 15.7. The summed E-state index contributed by atoms with van der Waals surface area (Å²) < 4.78 is 5.21. The lowest BCUT2D eigenvalue weighted by atomic mass is 9.46. The van der Waals surface area contributed by atoms with Gasteiger partial charge in [0.15, 0.2) is 0 Å². The lowest BCUT2D eigenvalue weighted by Gasteiger charge is -2.58. The summed E-state index contributed by atoms with van der Waals surface area (Å²) in [5.74, 6) is 2.80. The van der Waals surface area contributed by atoms with Gasteiger partial charge in [0, 0.05) is 0 Å². The Hall–Kier alpha value is -0.790. The molecule has 23 heavy (non-hydrogen) atoms. The maximum absolute atomic E-state index is 12.5. The van der Waals surface area contributed by atoms with Crippen LogP contribution in [0.5, 0.6) is 0 Å². The van der Waals surface area contributed by atoms with Crippen LogP contribution in [0.15, 0.2) is 11.6 Å². The molecule has 0 bridgehead atoms. The molecule has 0 aromatic carbocycles. The van der Waals surface area contributed by atoms with Crippen LogP contribution in [-0.2, 0) is 9.53 Å². The molecule has 0 saturated heterocycles. The van der Waals surface area contributed by atoms with Crippen molar-refractivity contribution in [3.63, 3.8) is 0 Å². The van der Waals surface area contributed by atoms with Gasteiger partial charge in [-0.25, -0.2) is 0 Å². The number of allylic oxidation sites excluding steroid dienone is 2. The van der Waals surface area contributed by atoms with Gasteiger partial charge in [-0.05, 0) is 74.5 Å². The number of ether oxygens (including phenoxy) is 1. The molecular formula is C21H34O2. The van der Waals surface area contributed by atoms with E-state index in [0.717, 1.165) is 31.1 Å². The molecule has 5 atom stereocenters. The quantitative estimate of drug-likeness (QED) is 0.505. The van der Waals surface area contributed by atoms with E-state index < -0.39 is 0 Å². The zero-order chi connectivity index (χ0) is 16.8. The predicted octanol–water partition coefficient (Wildman–Crippen LogP) is 5.37. The Labute approximate surface area is 142 Å². The molecule has 0 aromatic heterocycles. The molecule has 0 N–H and O–H groups in total. The largest absolute Gasteiger partial charge is 0.469 e. The number of esters is 1. The smallest absolute Gasteiger partial charge is 0.311 e. The second kappa shape index (κ2) is 5.93. The highest BCUT2D eigenvalue weighted by molar-refractivity contribution is 5.77. The van der Waals surface area contributed by atoms with E-state index in [2.05, 4.69) is 33.8 Å². The van der Waals surface area contributed by atoms with Crippen molar-refractivity contribution >= 4 is 5.97 Å². The second-order valence-corrected chi connectivity index (χ2v) is 9.17. The summed E-state index contributed by atoms with van der Waals surface area (Å²) in [7, 11) is 1.55. The van der Waals surface area contributed by atoms with Crippen molar-refractivity contribution in [1.82, 2.24) is 0 Å². The zero-order valence-corrected chi connectivity index (χ0v) is 15.7. The molecule has 0 heterocycles. The second-order valence-electron chi connectivity index (χ2n) is 9.17. The summed E-state index contributed by atoms with van der Waals surface area (Å²) in [5.41, 5.74) is 1.70. The number of hydrogen-bond acceptors (Lipinski definition) is 2. The van der Waals surface area contributed by atoms with Crippen molar-refractivity contribution in [2.75, 3.05) is 7.11 Å². The van der Waals surface area contributed by atoms with E-state index in [1.807, 2.05) is 0 Å². The molecule has 0 radical (unpaired) electrons. The van der Waals surface area contributed by atoms with Gasteiger partial charge in [-0.1, -0.05) is 38.8 Å². The van der Waals surface area contributed by atoms with E-state index >= 15 is 0 Å². The first-order valence-corrected chi connectivity index (χ1v) is 9.60. The Morgan fingerprint density at radius 3 is 2.65 bits per heavy atom. The van der Waals surface area contributed by atoms with Gasteiger partial charge in [-0.2, -0.15) is 0 Å². The number of rotatable bonds is 2. The molecule has 2 fully saturated rings. The summed E-state index contributed by atoms with van der Waals surface area (Å²) in [6, 6.07) is 0. The van der Waals surface area contributed by atoms with E-state index in [1.54, 1.807) is 12.7 Å². The molecular weight excluding hydrogens is 284 g/mol. The Morgan fingerprint density at radius 2 is 2.00 bits per heavy atom. The van der Waals surface area contributed by atoms with E-state index in [9.17, 15) is 4.79 Å². The number of carbonyl (C=O) groups is 1. The molecule has 130 valence electrons. The molecule has 2 saturated carbocycles. The average molecular weight is 319 g/mol. The predicted molar refractivity (Wildman–Crippen MR) is 93.9 cm³/mol. The topological polar surface area (TPSA) is 26.3 Å². The van der Waals surface area contributed by atoms with Gasteiger partial charge in [0.1, 0.15) is 0 Å². The monoisotopic (exact) mass is 318 g/mol. The third-order valence-corrected chi connectivity index (χ3v) is 7.75. The summed E-state index contributed by atoms with van der Waals surface area (Å²) >= 11 is 0. The third-order valence-electron chi connectivity index (χ3n) is 7.75. The average Bonchev–Trinajstić information content (AvgIpc) is 2.53. The number of hydrogen-bond donors (Lipinski definition) is 0. The standard InChI is InChI=1S/C21H34O2/c1-14(2)15-7-9-17-16(13-15)8-10-18-20(17,3)11-6-12-21(18,4)19(22)23-5/h8,14-15,17-18H,6-7,9-13H2,1-5H3/t15?,17?,18?,20-,21?/m0/s1. The van der Waals surface area contributed by atoms with Crippen molar-refractivity contribution in [1.29, 1.82) is 0 Å². The summed E-state index contributed by atoms with van der Waals surface area (Å²) in [6.07, 6.45) is 11.0. The minimum atomic E-state index is -0.293. The van der Waals surface area contributed by atoms with Gasteiger partial charge in [0.2, 0.25) is 0 Å². The van der Waals surface area contributed by atoms with Crippen LogP contribution < -0.4 is 0 Å². The molecule has 0 amide bonds. The van der Waals surface area contributed by atoms with E-state index in [0.29, 0.717) is 11.8 Å². The SMILES string of the molecule is COC(=O)C1(C)CCC[C@@]2(C)C3CCC(C(C)C)CC3=CCC12. The van der Waals surface area contributed by atoms with Gasteiger partial charge >= 0.3 is 5.97 Å². The Kier molecular flexibility index (Phi) is 4.40. The minimum absolute atomic E-state index is 0.0149. The van der Waals surface area contributed by atoms with E-state index in [1.165, 1.54) is 25.7 Å². The highest BCUT2D eigenvalue weighted by Gasteiger charge is 2.57. The van der Waals surface area contributed by atoms with Crippen LogP contribution in [0.4, 0.5) is 0 Å². The fraction of sp³-hybridized carbons (Fsp3) is 0.857. The lowest BCUT2D eigenvalue weighted by Crippen LogP contribution is -2.53. The Balaban J connectivity index is 1.92. The van der Waals surface area contributed by atoms with Gasteiger partial charge in [-0.3, -0.25) is 4.79 Å². The highest BCUT2D eigenvalue weighted by Crippen LogP contribution is 2.63. The number of carbonyl (C=O) groups excluding carboxylic acids is 1. The van der Waals surface area contributed by atoms with Crippen molar-refractivity contribution in [2.24, 2.45) is 34.5 Å². The number of methoxy groups -OCH3 is 1. The van der Waals surface area contributed by atoms with Gasteiger partial charge in [0.05, 0.1) is 12.5 Å². The molecule has 3 rings (SSSR count). The van der Waals surface area contributed by atoms with Gasteiger partial charge in [0.25, 0.3) is 0 Å². The molecule has 2 nitrogen and oxygen atoms in total. The number of fused-ring (bicyclic) bond motifs is 3. The first-order valence-electron chi connectivity index (χ1n) is 9.60. The molecule has 3 aliphatic carbocycles. The fourth-order valence-electron chi connectivity index (χ4n) is 6.27. The van der Waals surface area contributed by atoms with Crippen LogP contribution in [-0.4, -0.2) is 13.1 Å². The molecule has 0 spiro atoms. The van der Waals surface area contributed by atoms with E-state index in [-0.39, 0.29) is 16.8 Å². The van der Waals surface area contributed by atoms with Crippen LogP contribution in [0, 0.1) is 34.5 Å². The molecule has 4 unspecified atom stereocenters. The fourth-order valence-corrected chi connectivity index (χ4v) is 6.27. The first kappa shape index (κ1) is 17.0. The first-order chi connectivity index (χ1) is 10.8. The van der Waals surface area contributed by atoms with Crippen molar-refractivity contribution < 1.29 is 9.53 Å². The van der Waals surface area contributed by atoms with E-state index in [4.69, 9.17) is 4.74 Å². The molecule has 2 heteroatoms. The summed E-state index contributed by atoms with van der Waals surface area (Å²) in [5, 5.41) is 0. The van der Waals surface area contributed by atoms with Crippen LogP contribution in [0.25, 0.3) is 0 Å². The third kappa shape index (κ3) is 2.57. The Bertz CT molecular complexity index is 506. The maximum atomic E-state index is 12.5. The normalized spacial score (nSPS) is 43.4. The molecule has 3 aliphatic rings. The summed E-state index contributed by atoms with van der Waals surface area (Å²) in [6.45, 7) is 9.38. The Morgan fingerprint density at radius 1 is 1.26 bits per heavy atom. The van der Waals surface area contributed by atoms with Crippen molar-refractivity contribution in [3.05, 3.63) is 11.6 Å². The van der Waals surface area contributed by atoms with Gasteiger partial charge < -0.3 is 4.74 Å². The molecule has 0 aromatic rings. The maximum Gasteiger partial charge on any atom is 0.311 e. The van der Waals surface area contributed by atoms with Crippen LogP contribution in [0.2, 0.25) is 0 Å². The van der Waals surface area contributed by atoms with Crippen LogP contribution in [0.3, 0.4) is 0 Å². The highest BCUT2D eigenvalue weighted by atomic mass is 16.5. The minimum Gasteiger partial charge on any atom is -0.469 e. The molecule has 0 aliphatic heterocycles. The summed E-state index contributed by atoms with van der Waals surface area (Å²) in [4.78, 5) is 12.5. The van der Waals surface area contributed by atoms with Crippen LogP contribution in [0.1, 0.15) is 72.6 Å². The lowest BCUT2D eigenvalue weighted by molar-refractivity contribution is -0.166. The van der Waals surface area contributed by atoms with Crippen molar-refractivity contribution in [3.8, 4) is 0 Å². The van der Waals surface area contributed by atoms with Crippen molar-refractivity contribution in [2.45, 2.75) is 72.6 Å². The van der Waals surface area contributed by atoms with Crippen LogP contribution >= 0.6 is 0 Å².